The first-order chi connectivity index (χ1) is 11.7. The van der Waals surface area contributed by atoms with Crippen LogP contribution in [0.15, 0.2) is 36.4 Å². The van der Waals surface area contributed by atoms with Gasteiger partial charge in [-0.2, -0.15) is 18.4 Å². The van der Waals surface area contributed by atoms with Gasteiger partial charge in [0.2, 0.25) is 0 Å². The number of halogens is 4. The Morgan fingerprint density at radius 2 is 1.88 bits per heavy atom. The number of alkyl halides is 3. The van der Waals surface area contributed by atoms with Gasteiger partial charge in [-0.05, 0) is 28.8 Å². The number of benzene rings is 2. The van der Waals surface area contributed by atoms with Gasteiger partial charge in [0.1, 0.15) is 0 Å². The van der Waals surface area contributed by atoms with E-state index >= 15 is 0 Å². The van der Waals surface area contributed by atoms with Crippen molar-refractivity contribution in [2.75, 3.05) is 0 Å². The molecule has 0 radical (unpaired) electrons. The fourth-order valence-electron chi connectivity index (χ4n) is 2.39. The van der Waals surface area contributed by atoms with E-state index in [0.29, 0.717) is 10.6 Å². The molecular weight excluding hydrogens is 357 g/mol. The summed E-state index contributed by atoms with van der Waals surface area (Å²) in [7, 11) is 0. The van der Waals surface area contributed by atoms with Crippen LogP contribution in [0.4, 0.5) is 13.2 Å². The third-order valence-electron chi connectivity index (χ3n) is 3.52. The van der Waals surface area contributed by atoms with Crippen molar-refractivity contribution in [1.29, 1.82) is 5.26 Å². The Kier molecular flexibility index (Phi) is 5.67. The van der Waals surface area contributed by atoms with Crippen molar-refractivity contribution in [3.63, 3.8) is 0 Å². The average Bonchev–Trinajstić information content (AvgIpc) is 3.03. The smallest absolute Gasteiger partial charge is 0.475 e. The third-order valence-corrected chi connectivity index (χ3v) is 3.83. The first kappa shape index (κ1) is 18.8. The standard InChI is InChI=1S/C15H11ClN2.C2HF3O2/c16-15-6-10(7-17)4-5-13(15)12-3-1-2-11-8-18-9-14(11)12;3-2(4,5)1(6)7/h1-6,18H,8-9H2;(H,6,7). The molecule has 0 amide bonds. The number of fused-ring (bicyclic) bond motifs is 1. The molecule has 0 atom stereocenters. The molecule has 0 aromatic heterocycles. The summed E-state index contributed by atoms with van der Waals surface area (Å²) >= 11 is 6.27. The maximum atomic E-state index is 10.6. The van der Waals surface area contributed by atoms with Gasteiger partial charge < -0.3 is 10.4 Å². The SMILES string of the molecule is N#Cc1ccc(-c2cccc3c2CNC3)c(Cl)c1.O=C(O)C(F)(F)F. The second kappa shape index (κ2) is 7.55. The van der Waals surface area contributed by atoms with Crippen LogP contribution in [0.3, 0.4) is 0 Å². The van der Waals surface area contributed by atoms with Crippen LogP contribution >= 0.6 is 11.6 Å². The molecule has 1 aliphatic heterocycles. The van der Waals surface area contributed by atoms with Gasteiger partial charge in [-0.25, -0.2) is 4.79 Å². The molecule has 25 heavy (non-hydrogen) atoms. The average molecular weight is 369 g/mol. The molecule has 3 rings (SSSR count). The Bertz CT molecular complexity index is 845. The van der Waals surface area contributed by atoms with Gasteiger partial charge >= 0.3 is 12.1 Å². The van der Waals surface area contributed by atoms with E-state index in [1.807, 2.05) is 12.1 Å². The summed E-state index contributed by atoms with van der Waals surface area (Å²) in [6, 6.07) is 13.8. The third kappa shape index (κ3) is 4.50. The molecule has 2 aromatic carbocycles. The van der Waals surface area contributed by atoms with Crippen LogP contribution in [0.5, 0.6) is 0 Å². The number of rotatable bonds is 1. The summed E-state index contributed by atoms with van der Waals surface area (Å²) in [6.45, 7) is 1.79. The number of nitriles is 1. The fourth-order valence-corrected chi connectivity index (χ4v) is 2.67. The first-order valence-corrected chi connectivity index (χ1v) is 7.43. The number of nitrogens with zero attached hydrogens (tertiary/aromatic N) is 1. The van der Waals surface area contributed by atoms with E-state index in [2.05, 4.69) is 29.6 Å². The lowest BCUT2D eigenvalue weighted by Crippen LogP contribution is -2.21. The van der Waals surface area contributed by atoms with Gasteiger partial charge in [0.05, 0.1) is 11.6 Å². The van der Waals surface area contributed by atoms with Crippen molar-refractivity contribution in [3.8, 4) is 17.2 Å². The van der Waals surface area contributed by atoms with Crippen LogP contribution in [0.2, 0.25) is 5.02 Å². The second-order valence-corrected chi connectivity index (χ2v) is 5.56. The van der Waals surface area contributed by atoms with Crippen molar-refractivity contribution in [2.45, 2.75) is 19.3 Å². The lowest BCUT2D eigenvalue weighted by Gasteiger charge is -2.10. The van der Waals surface area contributed by atoms with Crippen LogP contribution < -0.4 is 5.32 Å². The molecule has 4 nitrogen and oxygen atoms in total. The van der Waals surface area contributed by atoms with Gasteiger partial charge in [0.25, 0.3) is 0 Å². The molecule has 2 N–H and O–H groups in total. The van der Waals surface area contributed by atoms with E-state index in [0.717, 1.165) is 24.2 Å². The molecule has 0 spiro atoms. The molecule has 2 aromatic rings. The van der Waals surface area contributed by atoms with Gasteiger partial charge in [-0.15, -0.1) is 0 Å². The predicted octanol–water partition coefficient (Wildman–Crippen LogP) is 4.12. The van der Waals surface area contributed by atoms with Gasteiger partial charge in [-0.3, -0.25) is 0 Å². The molecule has 0 aliphatic carbocycles. The summed E-state index contributed by atoms with van der Waals surface area (Å²) in [5.74, 6) is -2.76. The van der Waals surface area contributed by atoms with Crippen LogP contribution in [0.1, 0.15) is 16.7 Å². The molecule has 0 saturated carbocycles. The number of carboxylic acid groups (broad SMARTS) is 1. The molecular formula is C17H12ClF3N2O2. The molecule has 1 heterocycles. The highest BCUT2D eigenvalue weighted by atomic mass is 35.5. The van der Waals surface area contributed by atoms with Crippen molar-refractivity contribution in [3.05, 3.63) is 58.1 Å². The highest BCUT2D eigenvalue weighted by Gasteiger charge is 2.38. The maximum absolute atomic E-state index is 10.6. The van der Waals surface area contributed by atoms with Crippen LogP contribution in [-0.2, 0) is 17.9 Å². The van der Waals surface area contributed by atoms with Gasteiger partial charge in [0, 0.05) is 23.7 Å². The summed E-state index contributed by atoms with van der Waals surface area (Å²) in [5.41, 5.74) is 5.38. The van der Waals surface area contributed by atoms with Crippen molar-refractivity contribution in [2.24, 2.45) is 0 Å². The maximum Gasteiger partial charge on any atom is 0.490 e. The quantitative estimate of drug-likeness (QED) is 0.794. The van der Waals surface area contributed by atoms with Crippen molar-refractivity contribution >= 4 is 17.6 Å². The largest absolute Gasteiger partial charge is 0.490 e. The van der Waals surface area contributed by atoms with Crippen molar-refractivity contribution < 1.29 is 23.1 Å². The highest BCUT2D eigenvalue weighted by molar-refractivity contribution is 6.33. The summed E-state index contributed by atoms with van der Waals surface area (Å²) < 4.78 is 31.7. The van der Waals surface area contributed by atoms with Gasteiger partial charge in [0.15, 0.2) is 0 Å². The van der Waals surface area contributed by atoms with E-state index < -0.39 is 12.1 Å². The van der Waals surface area contributed by atoms with Gasteiger partial charge in [-0.1, -0.05) is 35.9 Å². The minimum absolute atomic E-state index is 0.592. The lowest BCUT2D eigenvalue weighted by molar-refractivity contribution is -0.192. The van der Waals surface area contributed by atoms with Crippen LogP contribution in [0, 0.1) is 11.3 Å². The highest BCUT2D eigenvalue weighted by Crippen LogP contribution is 2.34. The van der Waals surface area contributed by atoms with Crippen molar-refractivity contribution in [1.82, 2.24) is 5.32 Å². The summed E-state index contributed by atoms with van der Waals surface area (Å²) in [5, 5.41) is 20.0. The second-order valence-electron chi connectivity index (χ2n) is 5.16. The molecule has 1 aliphatic rings. The van der Waals surface area contributed by atoms with E-state index in [1.54, 1.807) is 6.07 Å². The Morgan fingerprint density at radius 3 is 2.44 bits per heavy atom. The molecule has 8 heteroatoms. The lowest BCUT2D eigenvalue weighted by atomic mass is 9.96. The van der Waals surface area contributed by atoms with E-state index in [9.17, 15) is 13.2 Å². The zero-order chi connectivity index (χ0) is 18.6. The Morgan fingerprint density at radius 1 is 1.20 bits per heavy atom. The molecule has 0 fully saturated rings. The number of aliphatic carboxylic acids is 1. The zero-order valence-corrected chi connectivity index (χ0v) is 13.4. The minimum atomic E-state index is -5.08. The van der Waals surface area contributed by atoms with E-state index in [-0.39, 0.29) is 0 Å². The van der Waals surface area contributed by atoms with E-state index in [1.165, 1.54) is 11.1 Å². The summed E-state index contributed by atoms with van der Waals surface area (Å²) in [6.07, 6.45) is -5.08. The Balaban J connectivity index is 0.000000277. The first-order valence-electron chi connectivity index (χ1n) is 7.05. The number of carboxylic acids is 1. The summed E-state index contributed by atoms with van der Waals surface area (Å²) in [4.78, 5) is 8.90. The zero-order valence-electron chi connectivity index (χ0n) is 12.7. The topological polar surface area (TPSA) is 73.1 Å². The van der Waals surface area contributed by atoms with E-state index in [4.69, 9.17) is 26.8 Å². The number of hydrogen-bond acceptors (Lipinski definition) is 3. The molecule has 130 valence electrons. The number of carbonyl (C=O) groups is 1. The molecule has 0 bridgehead atoms. The predicted molar refractivity (Wildman–Crippen MR) is 85.8 cm³/mol. The molecule has 0 unspecified atom stereocenters. The Hall–Kier alpha value is -2.56. The minimum Gasteiger partial charge on any atom is -0.475 e. The Labute approximate surface area is 146 Å². The molecule has 0 saturated heterocycles. The monoisotopic (exact) mass is 368 g/mol. The van der Waals surface area contributed by atoms with Crippen LogP contribution in [-0.4, -0.2) is 17.3 Å². The van der Waals surface area contributed by atoms with Crippen LogP contribution in [0.25, 0.3) is 11.1 Å². The normalized spacial score (nSPS) is 12.6. The number of nitrogens with one attached hydrogen (secondary N) is 1. The number of hydrogen-bond donors (Lipinski definition) is 2. The fraction of sp³-hybridized carbons (Fsp3) is 0.176.